The number of rotatable bonds is 6. The van der Waals surface area contributed by atoms with Crippen LogP contribution < -0.4 is 10.5 Å². The lowest BCUT2D eigenvalue weighted by atomic mass is 10.2. The maximum Gasteiger partial charge on any atom is 0.251 e. The number of nitrogens with one attached hydrogen (secondary N) is 1. The first kappa shape index (κ1) is 17.5. The molecule has 3 N–H and O–H groups in total. The first-order valence-electron chi connectivity index (χ1n) is 6.66. The van der Waals surface area contributed by atoms with Gasteiger partial charge in [0, 0.05) is 17.6 Å². The number of sulfonamides is 1. The highest BCUT2D eigenvalue weighted by atomic mass is 32.2. The van der Waals surface area contributed by atoms with Gasteiger partial charge in [-0.15, -0.1) is 11.3 Å². The van der Waals surface area contributed by atoms with Gasteiger partial charge in [-0.3, -0.25) is 4.79 Å². The molecule has 0 atom stereocenters. The SMILES string of the molecule is COCc1nc(C)c(CNC(=O)c2ccc(S(N)(=O)=O)cc2)s1. The predicted octanol–water partition coefficient (Wildman–Crippen LogP) is 1.18. The van der Waals surface area contributed by atoms with Crippen LogP contribution in [0, 0.1) is 6.92 Å². The van der Waals surface area contributed by atoms with Gasteiger partial charge in [-0.1, -0.05) is 0 Å². The molecule has 0 saturated heterocycles. The summed E-state index contributed by atoms with van der Waals surface area (Å²) in [5.41, 5.74) is 1.21. The molecule has 1 aromatic heterocycles. The van der Waals surface area contributed by atoms with Crippen molar-refractivity contribution in [1.82, 2.24) is 10.3 Å². The molecule has 124 valence electrons. The average molecular weight is 355 g/mol. The smallest absolute Gasteiger partial charge is 0.251 e. The van der Waals surface area contributed by atoms with Gasteiger partial charge in [-0.25, -0.2) is 18.5 Å². The quantitative estimate of drug-likeness (QED) is 0.808. The molecule has 1 amide bonds. The minimum Gasteiger partial charge on any atom is -0.378 e. The van der Waals surface area contributed by atoms with E-state index in [9.17, 15) is 13.2 Å². The van der Waals surface area contributed by atoms with E-state index in [2.05, 4.69) is 10.3 Å². The lowest BCUT2D eigenvalue weighted by Crippen LogP contribution is -2.22. The zero-order chi connectivity index (χ0) is 17.0. The summed E-state index contributed by atoms with van der Waals surface area (Å²) < 4.78 is 27.4. The summed E-state index contributed by atoms with van der Waals surface area (Å²) in [4.78, 5) is 17.4. The topological polar surface area (TPSA) is 111 Å². The van der Waals surface area contributed by atoms with Crippen LogP contribution in [0.4, 0.5) is 0 Å². The molecule has 1 aromatic carbocycles. The second kappa shape index (κ2) is 7.18. The van der Waals surface area contributed by atoms with Gasteiger partial charge in [0.2, 0.25) is 10.0 Å². The van der Waals surface area contributed by atoms with Crippen LogP contribution in [0.5, 0.6) is 0 Å². The van der Waals surface area contributed by atoms with Crippen LogP contribution in [0.1, 0.15) is 25.9 Å². The number of hydrogen-bond acceptors (Lipinski definition) is 6. The number of thiazole rings is 1. The van der Waals surface area contributed by atoms with Crippen LogP contribution in [0.3, 0.4) is 0 Å². The van der Waals surface area contributed by atoms with E-state index in [0.29, 0.717) is 18.7 Å². The van der Waals surface area contributed by atoms with Crippen molar-refractivity contribution >= 4 is 27.3 Å². The fourth-order valence-electron chi connectivity index (χ4n) is 1.90. The summed E-state index contributed by atoms with van der Waals surface area (Å²) in [7, 11) is -2.16. The molecule has 0 unspecified atom stereocenters. The molecule has 23 heavy (non-hydrogen) atoms. The van der Waals surface area contributed by atoms with E-state index in [0.717, 1.165) is 15.6 Å². The van der Waals surface area contributed by atoms with E-state index in [1.807, 2.05) is 6.92 Å². The maximum absolute atomic E-state index is 12.1. The summed E-state index contributed by atoms with van der Waals surface area (Å²) in [5.74, 6) is -0.299. The number of carbonyl (C=O) groups excluding carboxylic acids is 1. The average Bonchev–Trinajstić information content (AvgIpc) is 2.84. The minimum absolute atomic E-state index is 0.0310. The Hall–Kier alpha value is -1.81. The summed E-state index contributed by atoms with van der Waals surface area (Å²) in [5, 5.41) is 8.65. The Labute approximate surface area is 138 Å². The Morgan fingerprint density at radius 3 is 2.57 bits per heavy atom. The van der Waals surface area contributed by atoms with Crippen LogP contribution in [0.15, 0.2) is 29.2 Å². The summed E-state index contributed by atoms with van der Waals surface area (Å²) >= 11 is 1.48. The highest BCUT2D eigenvalue weighted by Gasteiger charge is 2.12. The number of nitrogens with zero attached hydrogens (tertiary/aromatic N) is 1. The van der Waals surface area contributed by atoms with Crippen molar-refractivity contribution in [3.63, 3.8) is 0 Å². The van der Waals surface area contributed by atoms with E-state index in [4.69, 9.17) is 9.88 Å². The summed E-state index contributed by atoms with van der Waals surface area (Å²) in [6.45, 7) is 2.66. The molecule has 2 aromatic rings. The second-order valence-electron chi connectivity index (χ2n) is 4.80. The van der Waals surface area contributed by atoms with Gasteiger partial charge in [0.05, 0.1) is 23.7 Å². The van der Waals surface area contributed by atoms with E-state index < -0.39 is 10.0 Å². The van der Waals surface area contributed by atoms with Crippen LogP contribution in [-0.2, 0) is 27.9 Å². The minimum atomic E-state index is -3.76. The molecule has 9 heteroatoms. The van der Waals surface area contributed by atoms with Crippen molar-refractivity contribution in [3.8, 4) is 0 Å². The Balaban J connectivity index is 2.02. The lowest BCUT2D eigenvalue weighted by molar-refractivity contribution is 0.0951. The van der Waals surface area contributed by atoms with Gasteiger partial charge in [-0.2, -0.15) is 0 Å². The first-order valence-corrected chi connectivity index (χ1v) is 9.02. The van der Waals surface area contributed by atoms with E-state index in [1.54, 1.807) is 7.11 Å². The molecular formula is C14H17N3O4S2. The van der Waals surface area contributed by atoms with Crippen molar-refractivity contribution in [2.75, 3.05) is 7.11 Å². The number of hydrogen-bond donors (Lipinski definition) is 2. The van der Waals surface area contributed by atoms with Crippen molar-refractivity contribution in [2.24, 2.45) is 5.14 Å². The predicted molar refractivity (Wildman–Crippen MR) is 86.5 cm³/mol. The zero-order valence-electron chi connectivity index (χ0n) is 12.7. The Bertz CT molecular complexity index is 798. The van der Waals surface area contributed by atoms with Gasteiger partial charge in [0.1, 0.15) is 5.01 Å². The number of amides is 1. The van der Waals surface area contributed by atoms with Crippen molar-refractivity contribution in [2.45, 2.75) is 25.0 Å². The number of methoxy groups -OCH3 is 1. The maximum atomic E-state index is 12.1. The van der Waals surface area contributed by atoms with Gasteiger partial charge in [-0.05, 0) is 31.2 Å². The van der Waals surface area contributed by atoms with E-state index >= 15 is 0 Å². The number of aryl methyl sites for hydroxylation is 1. The zero-order valence-corrected chi connectivity index (χ0v) is 14.3. The van der Waals surface area contributed by atoms with Crippen molar-refractivity contribution in [1.29, 1.82) is 0 Å². The van der Waals surface area contributed by atoms with Crippen LogP contribution >= 0.6 is 11.3 Å². The second-order valence-corrected chi connectivity index (χ2v) is 7.53. The Kier molecular flexibility index (Phi) is 5.47. The Morgan fingerprint density at radius 1 is 1.35 bits per heavy atom. The van der Waals surface area contributed by atoms with Crippen molar-refractivity contribution < 1.29 is 17.9 Å². The molecule has 2 rings (SSSR count). The molecule has 0 saturated carbocycles. The third kappa shape index (κ3) is 4.58. The highest BCUT2D eigenvalue weighted by molar-refractivity contribution is 7.89. The fraction of sp³-hybridized carbons (Fsp3) is 0.286. The molecule has 0 aliphatic carbocycles. The third-order valence-electron chi connectivity index (χ3n) is 3.06. The van der Waals surface area contributed by atoms with Gasteiger partial charge in [0.25, 0.3) is 5.91 Å². The first-order chi connectivity index (χ1) is 10.8. The summed E-state index contributed by atoms with van der Waals surface area (Å²) in [6.07, 6.45) is 0. The molecule has 0 fully saturated rings. The third-order valence-corrected chi connectivity index (χ3v) is 5.12. The standard InChI is InChI=1S/C14H17N3O4S2/c1-9-12(22-13(17-9)8-21-2)7-16-14(18)10-3-5-11(6-4-10)23(15,19)20/h3-6H,7-8H2,1-2H3,(H,16,18)(H2,15,19,20). The Morgan fingerprint density at radius 2 is 2.00 bits per heavy atom. The number of ether oxygens (including phenoxy) is 1. The number of carbonyl (C=O) groups is 1. The molecule has 0 aliphatic rings. The molecule has 7 nitrogen and oxygen atoms in total. The monoisotopic (exact) mass is 355 g/mol. The number of aromatic nitrogens is 1. The van der Waals surface area contributed by atoms with Crippen molar-refractivity contribution in [3.05, 3.63) is 45.4 Å². The van der Waals surface area contributed by atoms with E-state index in [-0.39, 0.29) is 10.8 Å². The number of benzene rings is 1. The highest BCUT2D eigenvalue weighted by Crippen LogP contribution is 2.18. The summed E-state index contributed by atoms with van der Waals surface area (Å²) in [6, 6.07) is 5.45. The van der Waals surface area contributed by atoms with Gasteiger partial charge < -0.3 is 10.1 Å². The normalized spacial score (nSPS) is 11.4. The largest absolute Gasteiger partial charge is 0.378 e. The number of nitrogens with two attached hydrogens (primary N) is 1. The van der Waals surface area contributed by atoms with Crippen LogP contribution in [0.25, 0.3) is 0 Å². The van der Waals surface area contributed by atoms with Gasteiger partial charge >= 0.3 is 0 Å². The molecular weight excluding hydrogens is 338 g/mol. The molecule has 0 radical (unpaired) electrons. The van der Waals surface area contributed by atoms with Gasteiger partial charge in [0.15, 0.2) is 0 Å². The molecule has 1 heterocycles. The van der Waals surface area contributed by atoms with E-state index in [1.165, 1.54) is 35.6 Å². The van der Waals surface area contributed by atoms with Crippen LogP contribution in [-0.4, -0.2) is 26.4 Å². The van der Waals surface area contributed by atoms with Crippen LogP contribution in [0.2, 0.25) is 0 Å². The fourth-order valence-corrected chi connectivity index (χ4v) is 3.39. The molecule has 0 aliphatic heterocycles. The molecule has 0 spiro atoms. The lowest BCUT2D eigenvalue weighted by Gasteiger charge is -2.05. The number of primary sulfonamides is 1. The molecule has 0 bridgehead atoms.